The molecule has 100 valence electrons. The summed E-state index contributed by atoms with van der Waals surface area (Å²) in [6, 6.07) is 2.00. The molecule has 8 heteroatoms. The normalized spacial score (nSPS) is 10.4. The van der Waals surface area contributed by atoms with Crippen LogP contribution in [0.2, 0.25) is 5.15 Å². The molecule has 2 rings (SSSR count). The predicted molar refractivity (Wildman–Crippen MR) is 70.9 cm³/mol. The molecule has 1 heterocycles. The Balaban J connectivity index is 2.42. The second-order valence-corrected chi connectivity index (χ2v) is 4.63. The third-order valence-electron chi connectivity index (χ3n) is 2.23. The van der Waals surface area contributed by atoms with E-state index in [4.69, 9.17) is 16.3 Å². The number of aromatic nitrogens is 2. The van der Waals surface area contributed by atoms with Gasteiger partial charge in [-0.1, -0.05) is 11.6 Å². The third-order valence-corrected chi connectivity index (χ3v) is 3.10. The molecule has 0 aliphatic heterocycles. The average molecular weight is 351 g/mol. The van der Waals surface area contributed by atoms with Crippen molar-refractivity contribution in [3.8, 4) is 5.75 Å². The molecule has 19 heavy (non-hydrogen) atoms. The maximum atomic E-state index is 13.6. The largest absolute Gasteiger partial charge is 0.490 e. The minimum absolute atomic E-state index is 0.0290. The summed E-state index contributed by atoms with van der Waals surface area (Å²) in [6.07, 6.45) is 1.20. The lowest BCUT2D eigenvalue weighted by Gasteiger charge is -2.11. The quantitative estimate of drug-likeness (QED) is 0.673. The fraction of sp³-hybridized carbons (Fsp3) is 0.0909. The van der Waals surface area contributed by atoms with Crippen molar-refractivity contribution in [2.45, 2.75) is 0 Å². The number of nitrogens with zero attached hydrogens (tertiary/aromatic N) is 2. The van der Waals surface area contributed by atoms with Crippen molar-refractivity contribution in [1.29, 1.82) is 0 Å². The third kappa shape index (κ3) is 2.93. The van der Waals surface area contributed by atoms with E-state index in [0.29, 0.717) is 0 Å². The van der Waals surface area contributed by atoms with Crippen LogP contribution in [0.25, 0.3) is 0 Å². The van der Waals surface area contributed by atoms with Gasteiger partial charge in [-0.3, -0.25) is 0 Å². The van der Waals surface area contributed by atoms with Gasteiger partial charge in [-0.15, -0.1) is 0 Å². The first-order chi connectivity index (χ1) is 9.02. The summed E-state index contributed by atoms with van der Waals surface area (Å²) < 4.78 is 31.9. The highest BCUT2D eigenvalue weighted by Crippen LogP contribution is 2.32. The highest BCUT2D eigenvalue weighted by molar-refractivity contribution is 9.10. The lowest BCUT2D eigenvalue weighted by atomic mass is 10.3. The second kappa shape index (κ2) is 5.66. The fourth-order valence-corrected chi connectivity index (χ4v) is 1.92. The van der Waals surface area contributed by atoms with Crippen LogP contribution in [0.5, 0.6) is 5.75 Å². The number of hydrogen-bond donors (Lipinski definition) is 1. The molecular weight excluding hydrogens is 343 g/mol. The van der Waals surface area contributed by atoms with Gasteiger partial charge in [0.25, 0.3) is 0 Å². The number of nitrogens with one attached hydrogen (secondary N) is 1. The highest BCUT2D eigenvalue weighted by atomic mass is 79.9. The van der Waals surface area contributed by atoms with Gasteiger partial charge in [0.05, 0.1) is 17.3 Å². The molecule has 1 N–H and O–H groups in total. The van der Waals surface area contributed by atoms with Crippen molar-refractivity contribution in [3.63, 3.8) is 0 Å². The van der Waals surface area contributed by atoms with E-state index >= 15 is 0 Å². The molecule has 0 saturated heterocycles. The lowest BCUT2D eigenvalue weighted by molar-refractivity contribution is 0.413. The van der Waals surface area contributed by atoms with Gasteiger partial charge < -0.3 is 10.1 Å². The van der Waals surface area contributed by atoms with E-state index in [9.17, 15) is 8.78 Å². The Hall–Kier alpha value is -1.47. The number of methoxy groups -OCH3 is 1. The zero-order valence-corrected chi connectivity index (χ0v) is 11.9. The van der Waals surface area contributed by atoms with Crippen LogP contribution in [0.1, 0.15) is 0 Å². The first-order valence-corrected chi connectivity index (χ1v) is 6.16. The Morgan fingerprint density at radius 2 is 2.00 bits per heavy atom. The van der Waals surface area contributed by atoms with Crippen molar-refractivity contribution in [2.24, 2.45) is 0 Å². The van der Waals surface area contributed by atoms with Gasteiger partial charge in [-0.25, -0.2) is 18.7 Å². The van der Waals surface area contributed by atoms with Crippen LogP contribution in [0.3, 0.4) is 0 Å². The Morgan fingerprint density at radius 1 is 1.26 bits per heavy atom. The minimum atomic E-state index is -0.766. The van der Waals surface area contributed by atoms with Crippen molar-refractivity contribution in [3.05, 3.63) is 39.7 Å². The van der Waals surface area contributed by atoms with Crippen molar-refractivity contribution < 1.29 is 13.5 Å². The Labute approximate surface area is 120 Å². The number of anilines is 2. The van der Waals surface area contributed by atoms with E-state index in [1.165, 1.54) is 19.5 Å². The number of hydrogen-bond acceptors (Lipinski definition) is 4. The van der Waals surface area contributed by atoms with Crippen LogP contribution < -0.4 is 10.1 Å². The summed E-state index contributed by atoms with van der Waals surface area (Å²) in [5.74, 6) is -1.11. The van der Waals surface area contributed by atoms with Crippen LogP contribution >= 0.6 is 27.5 Å². The maximum Gasteiger partial charge on any atom is 0.199 e. The molecule has 0 unspecified atom stereocenters. The molecule has 0 saturated carbocycles. The fourth-order valence-electron chi connectivity index (χ4n) is 1.37. The summed E-state index contributed by atoms with van der Waals surface area (Å²) in [4.78, 5) is 7.62. The van der Waals surface area contributed by atoms with Gasteiger partial charge in [0, 0.05) is 6.07 Å². The minimum Gasteiger partial charge on any atom is -0.490 e. The van der Waals surface area contributed by atoms with Gasteiger partial charge in [-0.2, -0.15) is 0 Å². The molecule has 0 fully saturated rings. The van der Waals surface area contributed by atoms with Crippen LogP contribution in [-0.2, 0) is 0 Å². The first-order valence-electron chi connectivity index (χ1n) is 4.99. The molecule has 1 aromatic carbocycles. The van der Waals surface area contributed by atoms with Crippen molar-refractivity contribution in [2.75, 3.05) is 12.4 Å². The van der Waals surface area contributed by atoms with Crippen LogP contribution in [0, 0.1) is 11.6 Å². The molecule has 4 nitrogen and oxygen atoms in total. The molecule has 0 spiro atoms. The summed E-state index contributed by atoms with van der Waals surface area (Å²) in [7, 11) is 1.38. The van der Waals surface area contributed by atoms with Crippen LogP contribution in [0.4, 0.5) is 20.3 Å². The topological polar surface area (TPSA) is 47.0 Å². The summed E-state index contributed by atoms with van der Waals surface area (Å²) in [5.41, 5.74) is 0.0290. The van der Waals surface area contributed by atoms with Gasteiger partial charge in [-0.05, 0) is 22.0 Å². The number of benzene rings is 1. The highest BCUT2D eigenvalue weighted by Gasteiger charge is 2.14. The van der Waals surface area contributed by atoms with E-state index in [1.807, 2.05) is 0 Å². The van der Waals surface area contributed by atoms with Crippen LogP contribution in [-0.4, -0.2) is 17.1 Å². The Morgan fingerprint density at radius 3 is 2.68 bits per heavy atom. The van der Waals surface area contributed by atoms with Crippen molar-refractivity contribution in [1.82, 2.24) is 9.97 Å². The van der Waals surface area contributed by atoms with Gasteiger partial charge in [0.15, 0.2) is 16.7 Å². The van der Waals surface area contributed by atoms with Crippen molar-refractivity contribution >= 4 is 39.0 Å². The van der Waals surface area contributed by atoms with E-state index < -0.39 is 11.6 Å². The summed E-state index contributed by atoms with van der Waals surface area (Å²) >= 11 is 8.78. The number of ether oxygens (including phenoxy) is 1. The van der Waals surface area contributed by atoms with E-state index in [0.717, 1.165) is 6.07 Å². The summed E-state index contributed by atoms with van der Waals surface area (Å²) in [6.45, 7) is 0. The van der Waals surface area contributed by atoms with E-state index in [2.05, 4.69) is 31.2 Å². The number of rotatable bonds is 3. The second-order valence-electron chi connectivity index (χ2n) is 3.42. The van der Waals surface area contributed by atoms with E-state index in [1.54, 1.807) is 0 Å². The molecule has 2 aromatic rings. The molecular formula is C11H7BrClF2N3O. The monoisotopic (exact) mass is 349 g/mol. The summed E-state index contributed by atoms with van der Waals surface area (Å²) in [5, 5.41) is 2.75. The molecule has 0 bridgehead atoms. The first kappa shape index (κ1) is 14.0. The zero-order valence-electron chi connectivity index (χ0n) is 9.55. The number of halogens is 4. The Bertz CT molecular complexity index is 627. The van der Waals surface area contributed by atoms with Gasteiger partial charge in [0.2, 0.25) is 0 Å². The maximum absolute atomic E-state index is 13.6. The lowest BCUT2D eigenvalue weighted by Crippen LogP contribution is -2.01. The predicted octanol–water partition coefficient (Wildman–Crippen LogP) is 3.92. The molecule has 0 atom stereocenters. The van der Waals surface area contributed by atoms with Gasteiger partial charge >= 0.3 is 0 Å². The standard InChI is InChI=1S/C11H7BrClF2N3O/c1-19-9-10(13)16-4-17-11(9)18-8-2-5(12)6(14)3-7(8)15/h2-4H,1H3,(H,16,17,18). The smallest absolute Gasteiger partial charge is 0.199 e. The van der Waals surface area contributed by atoms with Gasteiger partial charge in [0.1, 0.15) is 18.0 Å². The van der Waals surface area contributed by atoms with Crippen LogP contribution in [0.15, 0.2) is 22.9 Å². The molecule has 0 radical (unpaired) electrons. The molecule has 0 aliphatic rings. The molecule has 0 amide bonds. The SMILES string of the molecule is COc1c(Cl)ncnc1Nc1cc(Br)c(F)cc1F. The zero-order chi connectivity index (χ0) is 14.0. The Kier molecular flexibility index (Phi) is 4.16. The molecule has 0 aliphatic carbocycles. The van der Waals surface area contributed by atoms with E-state index in [-0.39, 0.29) is 26.9 Å². The average Bonchev–Trinajstić information content (AvgIpc) is 2.36. The molecule has 1 aromatic heterocycles.